The molecule has 1 aliphatic heterocycles. The molecule has 0 saturated carbocycles. The smallest absolute Gasteiger partial charge is 0.253 e. The van der Waals surface area contributed by atoms with Crippen molar-refractivity contribution >= 4 is 28.9 Å². The van der Waals surface area contributed by atoms with Gasteiger partial charge in [-0.25, -0.2) is 0 Å². The van der Waals surface area contributed by atoms with Gasteiger partial charge in [-0.15, -0.1) is 0 Å². The number of hydrogen-bond donors (Lipinski definition) is 3. The number of carbonyl (C=O) groups is 2. The zero-order valence-corrected chi connectivity index (χ0v) is 14.5. The van der Waals surface area contributed by atoms with E-state index in [0.717, 1.165) is 18.4 Å². The van der Waals surface area contributed by atoms with Crippen LogP contribution in [0.5, 0.6) is 0 Å². The Labute approximate surface area is 152 Å². The number of aryl methyl sites for hydroxylation is 1. The van der Waals surface area contributed by atoms with E-state index in [1.54, 1.807) is 24.3 Å². The lowest BCUT2D eigenvalue weighted by atomic mass is 10.1. The third-order valence-corrected chi connectivity index (χ3v) is 4.33. The Morgan fingerprint density at radius 1 is 1.04 bits per heavy atom. The predicted octanol–water partition coefficient (Wildman–Crippen LogP) is 2.96. The fraction of sp³-hybridized carbons (Fsp3) is 0.300. The third kappa shape index (κ3) is 4.83. The highest BCUT2D eigenvalue weighted by atomic mass is 16.5. The van der Waals surface area contributed by atoms with Crippen LogP contribution in [0.25, 0.3) is 0 Å². The molecule has 1 unspecified atom stereocenters. The molecule has 4 N–H and O–H groups in total. The van der Waals surface area contributed by atoms with Gasteiger partial charge in [-0.1, -0.05) is 18.2 Å². The number of ether oxygens (including phenoxy) is 1. The maximum atomic E-state index is 12.1. The zero-order chi connectivity index (χ0) is 18.4. The van der Waals surface area contributed by atoms with Crippen LogP contribution in [-0.2, 0) is 20.7 Å². The lowest BCUT2D eigenvalue weighted by Crippen LogP contribution is -2.26. The molecule has 1 aliphatic rings. The first-order valence-electron chi connectivity index (χ1n) is 8.77. The maximum Gasteiger partial charge on any atom is 0.253 e. The second kappa shape index (κ2) is 8.49. The number of nitrogens with two attached hydrogens (primary N) is 1. The number of nitrogens with one attached hydrogen (secondary N) is 2. The van der Waals surface area contributed by atoms with Gasteiger partial charge in [-0.3, -0.25) is 9.59 Å². The third-order valence-electron chi connectivity index (χ3n) is 4.33. The summed E-state index contributed by atoms with van der Waals surface area (Å²) in [6.07, 6.45) is 2.25. The summed E-state index contributed by atoms with van der Waals surface area (Å²) in [6, 6.07) is 14.6. The average molecular weight is 353 g/mol. The first-order chi connectivity index (χ1) is 12.6. The van der Waals surface area contributed by atoms with Crippen LogP contribution in [0.2, 0.25) is 0 Å². The van der Waals surface area contributed by atoms with Crippen molar-refractivity contribution in [1.82, 2.24) is 0 Å². The van der Waals surface area contributed by atoms with E-state index in [4.69, 9.17) is 10.5 Å². The van der Waals surface area contributed by atoms with E-state index in [9.17, 15) is 9.59 Å². The molecule has 6 heteroatoms. The molecule has 0 radical (unpaired) electrons. The van der Waals surface area contributed by atoms with Gasteiger partial charge >= 0.3 is 0 Å². The van der Waals surface area contributed by atoms with Crippen LogP contribution in [0, 0.1) is 0 Å². The Bertz CT molecular complexity index is 768. The largest absolute Gasteiger partial charge is 0.399 e. The summed E-state index contributed by atoms with van der Waals surface area (Å²) < 4.78 is 5.36. The van der Waals surface area contributed by atoms with Gasteiger partial charge in [-0.2, -0.15) is 0 Å². The normalized spacial score (nSPS) is 16.2. The predicted molar refractivity (Wildman–Crippen MR) is 102 cm³/mol. The van der Waals surface area contributed by atoms with Crippen molar-refractivity contribution in [3.05, 3.63) is 54.1 Å². The Hall–Kier alpha value is -2.86. The number of para-hydroxylation sites is 1. The molecular weight excluding hydrogens is 330 g/mol. The zero-order valence-electron chi connectivity index (χ0n) is 14.5. The summed E-state index contributed by atoms with van der Waals surface area (Å²) in [7, 11) is 0. The minimum atomic E-state index is -0.361. The molecule has 6 nitrogen and oxygen atoms in total. The quantitative estimate of drug-likeness (QED) is 0.696. The Morgan fingerprint density at radius 3 is 2.38 bits per heavy atom. The summed E-state index contributed by atoms with van der Waals surface area (Å²) in [4.78, 5) is 24.1. The first kappa shape index (κ1) is 17.9. The van der Waals surface area contributed by atoms with E-state index in [1.807, 2.05) is 24.3 Å². The molecule has 2 aromatic rings. The standard InChI is InChI=1S/C20H23N3O3/c21-17-5-2-1-4-14(17)7-12-19(24)22-15-8-10-16(11-9-15)23-20(25)18-6-3-13-26-18/h1-2,4-5,8-11,18H,3,6-7,12-13,21H2,(H,22,24)(H,23,25). The number of anilines is 3. The Balaban J connectivity index is 1.48. The summed E-state index contributed by atoms with van der Waals surface area (Å²) in [5.41, 5.74) is 8.92. The van der Waals surface area contributed by atoms with Crippen LogP contribution < -0.4 is 16.4 Å². The number of rotatable bonds is 6. The van der Waals surface area contributed by atoms with E-state index in [1.165, 1.54) is 0 Å². The summed E-state index contributed by atoms with van der Waals surface area (Å²) in [6.45, 7) is 0.637. The van der Waals surface area contributed by atoms with Gasteiger partial charge in [0.1, 0.15) is 6.10 Å². The number of carbonyl (C=O) groups excluding carboxylic acids is 2. The monoisotopic (exact) mass is 353 g/mol. The summed E-state index contributed by atoms with van der Waals surface area (Å²) in [5.74, 6) is -0.205. The van der Waals surface area contributed by atoms with Crippen LogP contribution in [0.15, 0.2) is 48.5 Å². The SMILES string of the molecule is Nc1ccccc1CCC(=O)Nc1ccc(NC(=O)C2CCCO2)cc1. The van der Waals surface area contributed by atoms with Gasteiger partial charge in [0.05, 0.1) is 0 Å². The minimum absolute atomic E-state index is 0.0793. The lowest BCUT2D eigenvalue weighted by Gasteiger charge is -2.11. The summed E-state index contributed by atoms with van der Waals surface area (Å²) in [5, 5.41) is 5.68. The molecule has 3 rings (SSSR count). The minimum Gasteiger partial charge on any atom is -0.399 e. The molecule has 2 amide bonds. The molecule has 0 aliphatic carbocycles. The van der Waals surface area contributed by atoms with Gasteiger partial charge in [0, 0.05) is 30.1 Å². The lowest BCUT2D eigenvalue weighted by molar-refractivity contribution is -0.124. The number of nitrogen functional groups attached to an aromatic ring is 1. The number of benzene rings is 2. The highest BCUT2D eigenvalue weighted by Gasteiger charge is 2.23. The van der Waals surface area contributed by atoms with Crippen LogP contribution in [0.1, 0.15) is 24.8 Å². The molecule has 1 saturated heterocycles. The highest BCUT2D eigenvalue weighted by molar-refractivity contribution is 5.95. The van der Waals surface area contributed by atoms with E-state index >= 15 is 0 Å². The van der Waals surface area contributed by atoms with Gasteiger partial charge in [-0.05, 0) is 55.2 Å². The van der Waals surface area contributed by atoms with Crippen molar-refractivity contribution < 1.29 is 14.3 Å². The molecule has 0 bridgehead atoms. The van der Waals surface area contributed by atoms with Crippen molar-refractivity contribution in [2.45, 2.75) is 31.8 Å². The van der Waals surface area contributed by atoms with Crippen molar-refractivity contribution in [2.75, 3.05) is 23.0 Å². The molecular formula is C20H23N3O3. The van der Waals surface area contributed by atoms with Crippen molar-refractivity contribution in [3.63, 3.8) is 0 Å². The van der Waals surface area contributed by atoms with E-state index in [-0.39, 0.29) is 17.9 Å². The molecule has 26 heavy (non-hydrogen) atoms. The molecule has 1 heterocycles. The van der Waals surface area contributed by atoms with E-state index in [0.29, 0.717) is 36.5 Å². The van der Waals surface area contributed by atoms with Gasteiger partial charge in [0.15, 0.2) is 0 Å². The molecule has 0 spiro atoms. The van der Waals surface area contributed by atoms with Gasteiger partial charge in [0.25, 0.3) is 5.91 Å². The average Bonchev–Trinajstić information content (AvgIpc) is 3.17. The van der Waals surface area contributed by atoms with Crippen molar-refractivity contribution in [1.29, 1.82) is 0 Å². The molecule has 2 aromatic carbocycles. The number of hydrogen-bond acceptors (Lipinski definition) is 4. The topological polar surface area (TPSA) is 93.5 Å². The van der Waals surface area contributed by atoms with E-state index in [2.05, 4.69) is 10.6 Å². The van der Waals surface area contributed by atoms with Crippen LogP contribution in [-0.4, -0.2) is 24.5 Å². The van der Waals surface area contributed by atoms with Crippen LogP contribution in [0.4, 0.5) is 17.1 Å². The molecule has 1 atom stereocenters. The van der Waals surface area contributed by atoms with Gasteiger partial charge < -0.3 is 21.1 Å². The first-order valence-corrected chi connectivity index (χ1v) is 8.77. The Morgan fingerprint density at radius 2 is 1.73 bits per heavy atom. The second-order valence-corrected chi connectivity index (χ2v) is 6.32. The maximum absolute atomic E-state index is 12.1. The number of amides is 2. The highest BCUT2D eigenvalue weighted by Crippen LogP contribution is 2.18. The fourth-order valence-electron chi connectivity index (χ4n) is 2.88. The Kier molecular flexibility index (Phi) is 5.86. The molecule has 1 fully saturated rings. The molecule has 136 valence electrons. The fourth-order valence-corrected chi connectivity index (χ4v) is 2.88. The second-order valence-electron chi connectivity index (χ2n) is 6.32. The van der Waals surface area contributed by atoms with Crippen molar-refractivity contribution in [3.8, 4) is 0 Å². The van der Waals surface area contributed by atoms with Gasteiger partial charge in [0.2, 0.25) is 5.91 Å². The van der Waals surface area contributed by atoms with Crippen molar-refractivity contribution in [2.24, 2.45) is 0 Å². The summed E-state index contributed by atoms with van der Waals surface area (Å²) >= 11 is 0. The van der Waals surface area contributed by atoms with Crippen LogP contribution in [0.3, 0.4) is 0 Å². The van der Waals surface area contributed by atoms with E-state index < -0.39 is 0 Å². The molecule has 0 aromatic heterocycles. The van der Waals surface area contributed by atoms with Crippen LogP contribution >= 0.6 is 0 Å².